The minimum Gasteiger partial charge on any atom is -0.507 e. The molecule has 1 aromatic rings. The van der Waals surface area contributed by atoms with Gasteiger partial charge in [-0.2, -0.15) is 0 Å². The Hall–Kier alpha value is -1.95. The van der Waals surface area contributed by atoms with E-state index in [0.717, 1.165) is 6.42 Å². The summed E-state index contributed by atoms with van der Waals surface area (Å²) < 4.78 is 11.3. The molecule has 2 aliphatic heterocycles. The Labute approximate surface area is 116 Å². The van der Waals surface area contributed by atoms with Gasteiger partial charge in [0.25, 0.3) is 0 Å². The van der Waals surface area contributed by atoms with E-state index in [-0.39, 0.29) is 11.8 Å². The third-order valence-electron chi connectivity index (χ3n) is 3.76. The number of hydrogen-bond donors (Lipinski definition) is 3. The van der Waals surface area contributed by atoms with Crippen molar-refractivity contribution in [1.29, 1.82) is 0 Å². The molecule has 2 heterocycles. The maximum absolute atomic E-state index is 11.0. The molecule has 6 nitrogen and oxygen atoms in total. The van der Waals surface area contributed by atoms with Crippen LogP contribution in [-0.2, 0) is 4.79 Å². The second-order valence-electron chi connectivity index (χ2n) is 5.11. The summed E-state index contributed by atoms with van der Waals surface area (Å²) in [6, 6.07) is 3.02. The lowest BCUT2D eigenvalue weighted by Gasteiger charge is -2.18. The maximum atomic E-state index is 11.0. The molecule has 2 atom stereocenters. The van der Waals surface area contributed by atoms with Gasteiger partial charge < -0.3 is 25.0 Å². The smallest absolute Gasteiger partial charge is 0.307 e. The highest BCUT2D eigenvalue weighted by Gasteiger charge is 2.34. The first-order valence-electron chi connectivity index (χ1n) is 6.74. The van der Waals surface area contributed by atoms with Gasteiger partial charge in [0.2, 0.25) is 0 Å². The molecule has 0 radical (unpaired) electrons. The number of carboxylic acid groups (broad SMARTS) is 1. The van der Waals surface area contributed by atoms with Crippen molar-refractivity contribution in [1.82, 2.24) is 5.32 Å². The van der Waals surface area contributed by atoms with E-state index in [1.165, 1.54) is 0 Å². The molecule has 20 heavy (non-hydrogen) atoms. The van der Waals surface area contributed by atoms with Crippen LogP contribution in [0.5, 0.6) is 17.2 Å². The molecule has 3 rings (SSSR count). The average molecular weight is 279 g/mol. The number of carboxylic acids is 1. The second-order valence-corrected chi connectivity index (χ2v) is 5.11. The van der Waals surface area contributed by atoms with Gasteiger partial charge >= 0.3 is 5.97 Å². The molecular formula is C14H17NO5. The third kappa shape index (κ3) is 2.27. The monoisotopic (exact) mass is 279 g/mol. The summed E-state index contributed by atoms with van der Waals surface area (Å²) in [4.78, 5) is 11.0. The zero-order valence-corrected chi connectivity index (χ0v) is 11.0. The molecule has 0 spiro atoms. The number of rotatable bonds is 2. The standard InChI is InChI=1S/C14H17NO5/c16-10-2-3-11-13(20-5-1-4-19-11)12(10)9-6-8(7-15-9)14(17)18/h2-3,8-9,15-16H,1,4-7H2,(H,17,18). The van der Waals surface area contributed by atoms with Crippen LogP contribution in [0.1, 0.15) is 24.4 Å². The van der Waals surface area contributed by atoms with E-state index in [4.69, 9.17) is 14.6 Å². The molecule has 1 aromatic carbocycles. The van der Waals surface area contributed by atoms with Gasteiger partial charge in [-0.1, -0.05) is 0 Å². The quantitative estimate of drug-likeness (QED) is 0.756. The van der Waals surface area contributed by atoms with E-state index < -0.39 is 11.9 Å². The zero-order chi connectivity index (χ0) is 14.1. The minimum absolute atomic E-state index is 0.109. The highest BCUT2D eigenvalue weighted by Crippen LogP contribution is 2.44. The molecule has 0 saturated carbocycles. The van der Waals surface area contributed by atoms with Gasteiger partial charge in [-0.05, 0) is 18.6 Å². The van der Waals surface area contributed by atoms with E-state index in [9.17, 15) is 9.90 Å². The van der Waals surface area contributed by atoms with Crippen molar-refractivity contribution < 1.29 is 24.5 Å². The summed E-state index contributed by atoms with van der Waals surface area (Å²) in [5.41, 5.74) is 0.605. The molecule has 3 N–H and O–H groups in total. The molecule has 0 amide bonds. The minimum atomic E-state index is -0.821. The van der Waals surface area contributed by atoms with E-state index in [1.54, 1.807) is 12.1 Å². The lowest BCUT2D eigenvalue weighted by molar-refractivity contribution is -0.141. The van der Waals surface area contributed by atoms with Gasteiger partial charge in [0.1, 0.15) is 5.75 Å². The number of aliphatic carboxylic acids is 1. The molecule has 2 aliphatic rings. The van der Waals surface area contributed by atoms with E-state index in [0.29, 0.717) is 43.2 Å². The number of ether oxygens (including phenoxy) is 2. The van der Waals surface area contributed by atoms with Crippen molar-refractivity contribution >= 4 is 5.97 Å². The number of fused-ring (bicyclic) bond motifs is 1. The van der Waals surface area contributed by atoms with Gasteiger partial charge in [-0.15, -0.1) is 0 Å². The van der Waals surface area contributed by atoms with Crippen LogP contribution in [0, 0.1) is 5.92 Å². The fourth-order valence-corrected chi connectivity index (χ4v) is 2.73. The number of aromatic hydroxyl groups is 1. The summed E-state index contributed by atoms with van der Waals surface area (Å²) in [6.07, 6.45) is 1.22. The summed E-state index contributed by atoms with van der Waals surface area (Å²) in [6.45, 7) is 1.50. The Morgan fingerprint density at radius 2 is 2.10 bits per heavy atom. The number of carbonyl (C=O) groups is 1. The Morgan fingerprint density at radius 3 is 2.85 bits per heavy atom. The second kappa shape index (κ2) is 5.20. The molecular weight excluding hydrogens is 262 g/mol. The highest BCUT2D eigenvalue weighted by molar-refractivity contribution is 5.71. The van der Waals surface area contributed by atoms with Gasteiger partial charge in [0.05, 0.1) is 24.7 Å². The fraction of sp³-hybridized carbons (Fsp3) is 0.500. The van der Waals surface area contributed by atoms with Crippen molar-refractivity contribution in [2.75, 3.05) is 19.8 Å². The van der Waals surface area contributed by atoms with E-state index >= 15 is 0 Å². The van der Waals surface area contributed by atoms with Crippen molar-refractivity contribution in [2.45, 2.75) is 18.9 Å². The first kappa shape index (κ1) is 13.1. The molecule has 1 fully saturated rings. The van der Waals surface area contributed by atoms with Crippen LogP contribution in [-0.4, -0.2) is 35.9 Å². The first-order chi connectivity index (χ1) is 9.66. The van der Waals surface area contributed by atoms with Crippen LogP contribution in [0.25, 0.3) is 0 Å². The largest absolute Gasteiger partial charge is 0.507 e. The van der Waals surface area contributed by atoms with Crippen LogP contribution in [0.3, 0.4) is 0 Å². The van der Waals surface area contributed by atoms with Gasteiger partial charge in [-0.3, -0.25) is 4.79 Å². The van der Waals surface area contributed by atoms with E-state index in [1.807, 2.05) is 0 Å². The van der Waals surface area contributed by atoms with Crippen molar-refractivity contribution in [3.63, 3.8) is 0 Å². The first-order valence-corrected chi connectivity index (χ1v) is 6.74. The number of benzene rings is 1. The van der Waals surface area contributed by atoms with Gasteiger partial charge in [-0.25, -0.2) is 0 Å². The zero-order valence-electron chi connectivity index (χ0n) is 11.0. The van der Waals surface area contributed by atoms with Crippen LogP contribution < -0.4 is 14.8 Å². The Morgan fingerprint density at radius 1 is 1.30 bits per heavy atom. The Kier molecular flexibility index (Phi) is 3.40. The number of phenols is 1. The molecule has 0 aliphatic carbocycles. The predicted molar refractivity (Wildman–Crippen MR) is 70.2 cm³/mol. The fourth-order valence-electron chi connectivity index (χ4n) is 2.73. The van der Waals surface area contributed by atoms with Crippen LogP contribution in [0.15, 0.2) is 12.1 Å². The van der Waals surface area contributed by atoms with Crippen molar-refractivity contribution in [2.24, 2.45) is 5.92 Å². The predicted octanol–water partition coefficient (Wildman–Crippen LogP) is 1.29. The third-order valence-corrected chi connectivity index (χ3v) is 3.76. The Bertz CT molecular complexity index is 531. The maximum Gasteiger partial charge on any atom is 0.307 e. The number of phenolic OH excluding ortho intramolecular Hbond substituents is 1. The van der Waals surface area contributed by atoms with Crippen LogP contribution >= 0.6 is 0 Å². The molecule has 6 heteroatoms. The molecule has 108 valence electrons. The lowest BCUT2D eigenvalue weighted by Crippen LogP contribution is -2.17. The molecule has 1 saturated heterocycles. The lowest BCUT2D eigenvalue weighted by atomic mass is 9.98. The van der Waals surface area contributed by atoms with E-state index in [2.05, 4.69) is 5.32 Å². The van der Waals surface area contributed by atoms with Gasteiger partial charge in [0, 0.05) is 19.0 Å². The molecule has 2 unspecified atom stereocenters. The van der Waals surface area contributed by atoms with Gasteiger partial charge in [0.15, 0.2) is 11.5 Å². The van der Waals surface area contributed by atoms with Crippen LogP contribution in [0.2, 0.25) is 0 Å². The average Bonchev–Trinajstić information content (AvgIpc) is 2.78. The van der Waals surface area contributed by atoms with Crippen molar-refractivity contribution in [3.8, 4) is 17.2 Å². The molecule has 0 bridgehead atoms. The normalized spacial score (nSPS) is 25.2. The summed E-state index contributed by atoms with van der Waals surface area (Å²) in [5, 5.41) is 22.3. The summed E-state index contributed by atoms with van der Waals surface area (Å²) >= 11 is 0. The number of hydrogen-bond acceptors (Lipinski definition) is 5. The highest BCUT2D eigenvalue weighted by atomic mass is 16.5. The van der Waals surface area contributed by atoms with Crippen molar-refractivity contribution in [3.05, 3.63) is 17.7 Å². The summed E-state index contributed by atoms with van der Waals surface area (Å²) in [7, 11) is 0. The van der Waals surface area contributed by atoms with Crippen LogP contribution in [0.4, 0.5) is 0 Å². The Balaban J connectivity index is 1.95. The topological polar surface area (TPSA) is 88.0 Å². The molecule has 0 aromatic heterocycles. The SMILES string of the molecule is O=C(O)C1CNC(c2c(O)ccc3c2OCCCO3)C1. The summed E-state index contributed by atoms with van der Waals surface area (Å²) in [5.74, 6) is -0.0136. The number of nitrogens with one attached hydrogen (secondary N) is 1.